The summed E-state index contributed by atoms with van der Waals surface area (Å²) in [7, 11) is 0. The Morgan fingerprint density at radius 3 is 2.37 bits per heavy atom. The Morgan fingerprint density at radius 2 is 1.87 bits per heavy atom. The molecule has 160 valence electrons. The topological polar surface area (TPSA) is 116 Å². The monoisotopic (exact) mass is 430 g/mol. The highest BCUT2D eigenvalue weighted by Crippen LogP contribution is 2.28. The van der Waals surface area contributed by atoms with E-state index in [1.165, 1.54) is 20.5 Å². The zero-order valence-electron chi connectivity index (χ0n) is 17.8. The number of hydrogen-bond donors (Lipinski definition) is 1. The third-order valence-corrected chi connectivity index (χ3v) is 5.92. The van der Waals surface area contributed by atoms with E-state index in [1.807, 2.05) is 46.8 Å². The van der Waals surface area contributed by atoms with E-state index >= 15 is 0 Å². The van der Waals surface area contributed by atoms with Gasteiger partial charge in [0, 0.05) is 24.0 Å². The molecule has 0 saturated carbocycles. The zero-order valence-corrected chi connectivity index (χ0v) is 18.6. The molecule has 0 aliphatic carbocycles. The van der Waals surface area contributed by atoms with Crippen molar-refractivity contribution in [3.63, 3.8) is 0 Å². The Morgan fingerprint density at radius 1 is 1.20 bits per heavy atom. The molecule has 0 radical (unpaired) electrons. The summed E-state index contributed by atoms with van der Waals surface area (Å²) in [6, 6.07) is 3.56. The molecule has 30 heavy (non-hydrogen) atoms. The van der Waals surface area contributed by atoms with Crippen molar-refractivity contribution < 1.29 is 9.59 Å². The molecule has 0 aliphatic rings. The summed E-state index contributed by atoms with van der Waals surface area (Å²) in [4.78, 5) is 50.7. The van der Waals surface area contributed by atoms with Crippen molar-refractivity contribution in [3.8, 4) is 10.7 Å². The molecular formula is C20H26N6O3S. The molecule has 0 unspecified atom stereocenters. The maximum atomic E-state index is 13.2. The maximum absolute atomic E-state index is 13.2. The lowest BCUT2D eigenvalue weighted by Crippen LogP contribution is -2.37. The molecule has 3 heterocycles. The van der Waals surface area contributed by atoms with Crippen LogP contribution in [0, 0.1) is 6.92 Å². The summed E-state index contributed by atoms with van der Waals surface area (Å²) in [5.74, 6) is -0.670. The van der Waals surface area contributed by atoms with Gasteiger partial charge in [0.05, 0.1) is 4.88 Å². The van der Waals surface area contributed by atoms with Crippen LogP contribution in [0.3, 0.4) is 0 Å². The van der Waals surface area contributed by atoms with E-state index in [4.69, 9.17) is 5.73 Å². The Labute approximate surface area is 178 Å². The number of primary amides is 1. The molecule has 3 aromatic rings. The number of nitrogens with zero attached hydrogens (tertiary/aromatic N) is 5. The van der Waals surface area contributed by atoms with Crippen LogP contribution >= 0.6 is 11.3 Å². The second-order valence-electron chi connectivity index (χ2n) is 7.24. The standard InChI is InChI=1S/C20H26N6O3S/c1-6-24(7-2)14(27)10-25-16-15(17(21)28)22-18(13-9-8-12(5)30-13)23-19(16)26(11(3)4)20(25)29/h8-9,11H,6-7,10H2,1-5H3,(H2,21,28). The summed E-state index contributed by atoms with van der Waals surface area (Å²) in [5, 5.41) is 0. The van der Waals surface area contributed by atoms with Crippen LogP contribution in [0.5, 0.6) is 0 Å². The Hall–Kier alpha value is -3.01. The molecule has 3 rings (SSSR count). The minimum absolute atomic E-state index is 0.0649. The number of rotatable bonds is 7. The molecule has 3 aromatic heterocycles. The van der Waals surface area contributed by atoms with Crippen molar-refractivity contribution in [3.05, 3.63) is 33.2 Å². The molecule has 0 aromatic carbocycles. The first-order chi connectivity index (χ1) is 14.2. The molecule has 0 spiro atoms. The minimum atomic E-state index is -0.776. The summed E-state index contributed by atoms with van der Waals surface area (Å²) in [6.45, 7) is 10.2. The number of carbonyl (C=O) groups excluding carboxylic acids is 2. The fourth-order valence-corrected chi connectivity index (χ4v) is 4.24. The first-order valence-electron chi connectivity index (χ1n) is 9.86. The van der Waals surface area contributed by atoms with Gasteiger partial charge in [0.25, 0.3) is 5.91 Å². The fraction of sp³-hybridized carbons (Fsp3) is 0.450. The fourth-order valence-electron chi connectivity index (χ4n) is 3.44. The summed E-state index contributed by atoms with van der Waals surface area (Å²) in [6.07, 6.45) is 0. The van der Waals surface area contributed by atoms with Crippen molar-refractivity contribution in [1.82, 2.24) is 24.0 Å². The summed E-state index contributed by atoms with van der Waals surface area (Å²) < 4.78 is 2.74. The maximum Gasteiger partial charge on any atom is 0.331 e. The van der Waals surface area contributed by atoms with Gasteiger partial charge in [-0.25, -0.2) is 14.8 Å². The quantitative estimate of drug-likeness (QED) is 0.617. The van der Waals surface area contributed by atoms with Gasteiger partial charge in [-0.2, -0.15) is 0 Å². The van der Waals surface area contributed by atoms with Gasteiger partial charge in [-0.05, 0) is 46.8 Å². The van der Waals surface area contributed by atoms with Gasteiger partial charge in [0.2, 0.25) is 5.91 Å². The van der Waals surface area contributed by atoms with Gasteiger partial charge in [0.15, 0.2) is 17.2 Å². The summed E-state index contributed by atoms with van der Waals surface area (Å²) >= 11 is 1.48. The van der Waals surface area contributed by atoms with Crippen LogP contribution in [0.25, 0.3) is 21.9 Å². The van der Waals surface area contributed by atoms with Gasteiger partial charge < -0.3 is 10.6 Å². The molecule has 0 atom stereocenters. The highest BCUT2D eigenvalue weighted by atomic mass is 32.1. The van der Waals surface area contributed by atoms with E-state index in [-0.39, 0.29) is 29.7 Å². The number of thiophene rings is 1. The second kappa shape index (κ2) is 8.39. The molecule has 10 heteroatoms. The third-order valence-electron chi connectivity index (χ3n) is 4.92. The van der Waals surface area contributed by atoms with Crippen LogP contribution in [-0.2, 0) is 11.3 Å². The molecule has 0 fully saturated rings. The average molecular weight is 431 g/mol. The SMILES string of the molecule is CCN(CC)C(=O)Cn1c(=O)n(C(C)C)c2nc(-c3ccc(C)s3)nc(C(N)=O)c21. The number of aromatic nitrogens is 4. The van der Waals surface area contributed by atoms with E-state index in [9.17, 15) is 14.4 Å². The van der Waals surface area contributed by atoms with E-state index in [0.717, 1.165) is 9.75 Å². The average Bonchev–Trinajstić information content (AvgIpc) is 3.23. The molecule has 2 N–H and O–H groups in total. The zero-order chi connectivity index (χ0) is 22.2. The lowest BCUT2D eigenvalue weighted by Gasteiger charge is -2.18. The number of likely N-dealkylation sites (N-methyl/N-ethyl adjacent to an activating group) is 1. The van der Waals surface area contributed by atoms with Crippen molar-refractivity contribution in [2.45, 2.75) is 47.2 Å². The number of hydrogen-bond acceptors (Lipinski definition) is 6. The van der Waals surface area contributed by atoms with Crippen molar-refractivity contribution in [2.75, 3.05) is 13.1 Å². The van der Waals surface area contributed by atoms with Crippen LogP contribution in [0.15, 0.2) is 16.9 Å². The predicted octanol–water partition coefficient (Wildman–Crippen LogP) is 2.18. The first-order valence-corrected chi connectivity index (χ1v) is 10.7. The summed E-state index contributed by atoms with van der Waals surface area (Å²) in [5.41, 5.74) is 5.64. The smallest absolute Gasteiger partial charge is 0.331 e. The second-order valence-corrected chi connectivity index (χ2v) is 8.53. The van der Waals surface area contributed by atoms with Gasteiger partial charge in [-0.3, -0.25) is 18.7 Å². The van der Waals surface area contributed by atoms with Gasteiger partial charge in [0.1, 0.15) is 12.1 Å². The lowest BCUT2D eigenvalue weighted by molar-refractivity contribution is -0.131. The highest BCUT2D eigenvalue weighted by Gasteiger charge is 2.26. The number of nitrogens with two attached hydrogens (primary N) is 1. The van der Waals surface area contributed by atoms with E-state index in [0.29, 0.717) is 24.6 Å². The number of amides is 2. The highest BCUT2D eigenvalue weighted by molar-refractivity contribution is 7.15. The molecule has 2 amide bonds. The number of aryl methyl sites for hydroxylation is 1. The van der Waals surface area contributed by atoms with E-state index in [2.05, 4.69) is 9.97 Å². The number of fused-ring (bicyclic) bond motifs is 1. The molecule has 0 saturated heterocycles. The number of carbonyl (C=O) groups is 2. The van der Waals surface area contributed by atoms with Gasteiger partial charge in [-0.1, -0.05) is 0 Å². The van der Waals surface area contributed by atoms with Crippen molar-refractivity contribution in [1.29, 1.82) is 0 Å². The molecule has 0 bridgehead atoms. The predicted molar refractivity (Wildman–Crippen MR) is 117 cm³/mol. The van der Waals surface area contributed by atoms with Crippen LogP contribution in [0.4, 0.5) is 0 Å². The Balaban J connectivity index is 2.32. The Kier molecular flexibility index (Phi) is 6.06. The normalized spacial score (nSPS) is 11.4. The Bertz CT molecular complexity index is 1170. The first kappa shape index (κ1) is 21.7. The third kappa shape index (κ3) is 3.74. The van der Waals surface area contributed by atoms with Gasteiger partial charge >= 0.3 is 5.69 Å². The minimum Gasteiger partial charge on any atom is -0.364 e. The largest absolute Gasteiger partial charge is 0.364 e. The van der Waals surface area contributed by atoms with E-state index < -0.39 is 11.6 Å². The van der Waals surface area contributed by atoms with Crippen molar-refractivity contribution >= 4 is 34.3 Å². The van der Waals surface area contributed by atoms with Crippen LogP contribution < -0.4 is 11.4 Å². The molecule has 0 aliphatic heterocycles. The van der Waals surface area contributed by atoms with Crippen LogP contribution in [0.2, 0.25) is 0 Å². The molecule has 9 nitrogen and oxygen atoms in total. The van der Waals surface area contributed by atoms with Crippen LogP contribution in [0.1, 0.15) is 49.1 Å². The van der Waals surface area contributed by atoms with Crippen molar-refractivity contribution in [2.24, 2.45) is 5.73 Å². The number of imidazole rings is 1. The van der Waals surface area contributed by atoms with Crippen LogP contribution in [-0.4, -0.2) is 48.9 Å². The lowest BCUT2D eigenvalue weighted by atomic mass is 10.3. The molecular weight excluding hydrogens is 404 g/mol. The van der Waals surface area contributed by atoms with E-state index in [1.54, 1.807) is 4.90 Å². The van der Waals surface area contributed by atoms with Gasteiger partial charge in [-0.15, -0.1) is 11.3 Å².